The van der Waals surface area contributed by atoms with Gasteiger partial charge in [0.05, 0.1) is 13.7 Å². The van der Waals surface area contributed by atoms with Crippen LogP contribution in [-0.2, 0) is 22.6 Å². The maximum Gasteiger partial charge on any atom is 0.341 e. The number of hydrogen-bond acceptors (Lipinski definition) is 5. The molecular formula is C34H38F2N2O4. The number of ether oxygens (including phenoxy) is 2. The van der Waals surface area contributed by atoms with Gasteiger partial charge in [-0.1, -0.05) is 42.8 Å². The van der Waals surface area contributed by atoms with Crippen molar-refractivity contribution in [3.63, 3.8) is 0 Å². The van der Waals surface area contributed by atoms with E-state index in [-0.39, 0.29) is 35.4 Å². The van der Waals surface area contributed by atoms with Gasteiger partial charge in [0.1, 0.15) is 22.9 Å². The summed E-state index contributed by atoms with van der Waals surface area (Å²) in [6, 6.07) is 17.9. The van der Waals surface area contributed by atoms with E-state index < -0.39 is 17.6 Å². The predicted octanol–water partition coefficient (Wildman–Crippen LogP) is 6.51. The maximum absolute atomic E-state index is 14.9. The number of piperidine rings is 1. The Morgan fingerprint density at radius 1 is 0.976 bits per heavy atom. The largest absolute Gasteiger partial charge is 0.493 e. The lowest BCUT2D eigenvalue weighted by atomic mass is 9.97. The summed E-state index contributed by atoms with van der Waals surface area (Å²) in [7, 11) is 1.16. The fourth-order valence-corrected chi connectivity index (χ4v) is 5.89. The predicted molar refractivity (Wildman–Crippen MR) is 157 cm³/mol. The number of hydrogen-bond donors (Lipinski definition) is 1. The highest BCUT2D eigenvalue weighted by molar-refractivity contribution is 5.97. The number of halogens is 2. The molecule has 8 heteroatoms. The van der Waals surface area contributed by atoms with Crippen molar-refractivity contribution in [2.45, 2.75) is 64.7 Å². The summed E-state index contributed by atoms with van der Waals surface area (Å²) in [5.41, 5.74) is 1.89. The Morgan fingerprint density at radius 3 is 2.40 bits per heavy atom. The van der Waals surface area contributed by atoms with Gasteiger partial charge in [-0.2, -0.15) is 0 Å². The summed E-state index contributed by atoms with van der Waals surface area (Å²) >= 11 is 0. The van der Waals surface area contributed by atoms with Gasteiger partial charge in [-0.3, -0.25) is 9.69 Å². The highest BCUT2D eigenvalue weighted by Crippen LogP contribution is 2.39. The first kappa shape index (κ1) is 29.7. The number of benzene rings is 3. The molecule has 0 spiro atoms. The smallest absolute Gasteiger partial charge is 0.341 e. The van der Waals surface area contributed by atoms with Crippen molar-refractivity contribution in [3.8, 4) is 16.9 Å². The van der Waals surface area contributed by atoms with Crippen molar-refractivity contribution in [2.24, 2.45) is 11.8 Å². The number of esters is 1. The fourth-order valence-electron chi connectivity index (χ4n) is 5.89. The molecule has 1 aliphatic carbocycles. The Kier molecular flexibility index (Phi) is 9.21. The van der Waals surface area contributed by atoms with E-state index in [4.69, 9.17) is 4.74 Å². The van der Waals surface area contributed by atoms with Crippen molar-refractivity contribution in [3.05, 3.63) is 89.0 Å². The number of carbonyl (C=O) groups excluding carboxylic acids is 2. The Labute approximate surface area is 246 Å². The number of nitrogens with one attached hydrogen (secondary N) is 1. The molecule has 1 heterocycles. The lowest BCUT2D eigenvalue weighted by Gasteiger charge is -2.39. The first-order valence-corrected chi connectivity index (χ1v) is 14.7. The van der Waals surface area contributed by atoms with Gasteiger partial charge >= 0.3 is 5.97 Å². The highest BCUT2D eigenvalue weighted by atomic mass is 19.1. The zero-order chi connectivity index (χ0) is 29.8. The van der Waals surface area contributed by atoms with Gasteiger partial charge < -0.3 is 14.8 Å². The molecule has 0 aromatic heterocycles. The molecule has 6 nitrogen and oxygen atoms in total. The van der Waals surface area contributed by atoms with Crippen molar-refractivity contribution < 1.29 is 27.8 Å². The molecule has 3 aromatic carbocycles. The molecule has 1 saturated heterocycles. The van der Waals surface area contributed by atoms with Crippen LogP contribution >= 0.6 is 0 Å². The molecule has 4 atom stereocenters. The first-order chi connectivity index (χ1) is 20.2. The standard InChI is InChI=1S/C34H38F2N2O4/c1-21-6-4-7-22(2)38(21)19-23-10-14-27(15-11-23)42-20-26-16-29(26)33(39)37-18-25-13-12-24(17-31(25)36)28-8-5-9-30(35)32(28)34(40)41-3/h5,8-15,17,21-22,26,29H,4,6-7,16,18-20H2,1-3H3,(H,37,39)/t21-,22+,26?,29?. The van der Waals surface area contributed by atoms with Crippen LogP contribution in [0.2, 0.25) is 0 Å². The van der Waals surface area contributed by atoms with E-state index in [0.717, 1.165) is 31.9 Å². The summed E-state index contributed by atoms with van der Waals surface area (Å²) in [6.07, 6.45) is 4.53. The first-order valence-electron chi connectivity index (χ1n) is 14.7. The van der Waals surface area contributed by atoms with Gasteiger partial charge in [-0.25, -0.2) is 13.6 Å². The molecule has 2 aliphatic rings. The topological polar surface area (TPSA) is 67.9 Å². The zero-order valence-corrected chi connectivity index (χ0v) is 24.4. The number of likely N-dealkylation sites (tertiary alicyclic amines) is 1. The monoisotopic (exact) mass is 576 g/mol. The van der Waals surface area contributed by atoms with E-state index in [1.165, 1.54) is 49.1 Å². The maximum atomic E-state index is 14.9. The average molecular weight is 577 g/mol. The van der Waals surface area contributed by atoms with Crippen LogP contribution in [0.5, 0.6) is 5.75 Å². The van der Waals surface area contributed by atoms with Crippen molar-refractivity contribution in [1.29, 1.82) is 0 Å². The van der Waals surface area contributed by atoms with Crippen LogP contribution in [0.15, 0.2) is 60.7 Å². The molecule has 42 heavy (non-hydrogen) atoms. The second-order valence-electron chi connectivity index (χ2n) is 11.5. The second-order valence-corrected chi connectivity index (χ2v) is 11.5. The Bertz CT molecular complexity index is 1420. The van der Waals surface area contributed by atoms with Crippen LogP contribution in [-0.4, -0.2) is 42.6 Å². The minimum Gasteiger partial charge on any atom is -0.493 e. The molecule has 2 fully saturated rings. The van der Waals surface area contributed by atoms with Gasteiger partial charge in [0.2, 0.25) is 5.91 Å². The van der Waals surface area contributed by atoms with Crippen LogP contribution in [0.1, 0.15) is 61.0 Å². The zero-order valence-electron chi connectivity index (χ0n) is 24.4. The number of methoxy groups -OCH3 is 1. The van der Waals surface area contributed by atoms with E-state index in [0.29, 0.717) is 29.8 Å². The summed E-state index contributed by atoms with van der Waals surface area (Å²) in [6.45, 7) is 6.03. The van der Waals surface area contributed by atoms with Gasteiger partial charge in [0, 0.05) is 42.6 Å². The number of carbonyl (C=O) groups is 2. The molecule has 1 N–H and O–H groups in total. The summed E-state index contributed by atoms with van der Waals surface area (Å²) in [5.74, 6) is -1.52. The van der Waals surface area contributed by atoms with Crippen molar-refractivity contribution >= 4 is 11.9 Å². The molecule has 3 aromatic rings. The average Bonchev–Trinajstić information content (AvgIpc) is 3.77. The van der Waals surface area contributed by atoms with E-state index in [9.17, 15) is 18.4 Å². The van der Waals surface area contributed by atoms with E-state index >= 15 is 0 Å². The van der Waals surface area contributed by atoms with Crippen LogP contribution in [0.4, 0.5) is 8.78 Å². The lowest BCUT2D eigenvalue weighted by Crippen LogP contribution is -2.42. The second kappa shape index (κ2) is 13.0. The Hall–Kier alpha value is -3.78. The molecule has 2 unspecified atom stereocenters. The normalized spacial score (nSPS) is 21.9. The van der Waals surface area contributed by atoms with Crippen LogP contribution in [0.25, 0.3) is 11.1 Å². The molecule has 1 aliphatic heterocycles. The van der Waals surface area contributed by atoms with Gasteiger partial charge in [0.15, 0.2) is 0 Å². The molecular weight excluding hydrogens is 538 g/mol. The molecule has 0 bridgehead atoms. The quantitative estimate of drug-likeness (QED) is 0.279. The van der Waals surface area contributed by atoms with Crippen molar-refractivity contribution in [2.75, 3.05) is 13.7 Å². The lowest BCUT2D eigenvalue weighted by molar-refractivity contribution is -0.122. The highest BCUT2D eigenvalue weighted by Gasteiger charge is 2.43. The molecule has 222 valence electrons. The molecule has 1 saturated carbocycles. The summed E-state index contributed by atoms with van der Waals surface area (Å²) in [5, 5.41) is 2.82. The minimum absolute atomic E-state index is 0.0255. The van der Waals surface area contributed by atoms with Crippen molar-refractivity contribution in [1.82, 2.24) is 10.2 Å². The fraction of sp³-hybridized carbons (Fsp3) is 0.412. The molecule has 5 rings (SSSR count). The third kappa shape index (κ3) is 6.81. The van der Waals surface area contributed by atoms with Crippen LogP contribution in [0, 0.1) is 23.5 Å². The van der Waals surface area contributed by atoms with Crippen LogP contribution in [0.3, 0.4) is 0 Å². The van der Waals surface area contributed by atoms with E-state index in [1.807, 2.05) is 12.1 Å². The van der Waals surface area contributed by atoms with Gasteiger partial charge in [0.25, 0.3) is 0 Å². The number of rotatable bonds is 10. The van der Waals surface area contributed by atoms with Gasteiger partial charge in [-0.15, -0.1) is 0 Å². The SMILES string of the molecule is COC(=O)c1c(F)cccc1-c1ccc(CNC(=O)C2CC2COc2ccc(CN3[C@H](C)CCC[C@@H]3C)cc2)c(F)c1. The minimum atomic E-state index is -0.836. The third-order valence-corrected chi connectivity index (χ3v) is 8.61. The summed E-state index contributed by atoms with van der Waals surface area (Å²) < 4.78 is 39.9. The third-order valence-electron chi connectivity index (χ3n) is 8.61. The van der Waals surface area contributed by atoms with E-state index in [1.54, 1.807) is 6.07 Å². The number of amides is 1. The molecule has 1 amide bonds. The Morgan fingerprint density at radius 2 is 1.71 bits per heavy atom. The van der Waals surface area contributed by atoms with Crippen LogP contribution < -0.4 is 10.1 Å². The summed E-state index contributed by atoms with van der Waals surface area (Å²) in [4.78, 5) is 27.3. The van der Waals surface area contributed by atoms with Gasteiger partial charge in [-0.05, 0) is 74.1 Å². The Balaban J connectivity index is 1.09. The number of nitrogens with zero attached hydrogens (tertiary/aromatic N) is 1. The van der Waals surface area contributed by atoms with E-state index in [2.05, 4.69) is 40.9 Å². The molecule has 0 radical (unpaired) electrons.